The van der Waals surface area contributed by atoms with E-state index < -0.39 is 17.0 Å². The fourth-order valence-electron chi connectivity index (χ4n) is 4.22. The maximum absolute atomic E-state index is 12.1. The summed E-state index contributed by atoms with van der Waals surface area (Å²) in [6, 6.07) is 8.14. The first-order valence-corrected chi connectivity index (χ1v) is 10.3. The van der Waals surface area contributed by atoms with Crippen molar-refractivity contribution in [1.29, 1.82) is 0 Å². The summed E-state index contributed by atoms with van der Waals surface area (Å²) in [6.45, 7) is 2.70. The number of likely N-dealkylation sites (tertiary alicyclic amines) is 1. The molecule has 2 aliphatic rings. The standard InChI is InChI=1S/C21H26N2O3S/c1-15-13-16(14-23(15,2)27(25)26)11-12-19-18-9-5-3-7-17(18)8-4-6-10-20(19)21(22)24/h3-10,15-16H,11-14H2,1-2H3,(H2-,22,24,25)/p+1. The van der Waals surface area contributed by atoms with Crippen molar-refractivity contribution in [2.75, 3.05) is 13.6 Å². The Kier molecular flexibility index (Phi) is 5.91. The summed E-state index contributed by atoms with van der Waals surface area (Å²) in [5.74, 6) is -0.0944. The molecule has 1 aliphatic heterocycles. The van der Waals surface area contributed by atoms with E-state index >= 15 is 0 Å². The Hall–Kier alpha value is -1.86. The number of amides is 1. The summed E-state index contributed by atoms with van der Waals surface area (Å²) >= 11 is -1.89. The van der Waals surface area contributed by atoms with Gasteiger partial charge in [0.05, 0.1) is 0 Å². The van der Waals surface area contributed by atoms with Gasteiger partial charge in [0, 0.05) is 0 Å². The zero-order chi connectivity index (χ0) is 19.6. The molecule has 0 aromatic heterocycles. The summed E-state index contributed by atoms with van der Waals surface area (Å²) in [7, 11) is 1.84. The van der Waals surface area contributed by atoms with Crippen molar-refractivity contribution < 1.29 is 17.3 Å². The van der Waals surface area contributed by atoms with Crippen LogP contribution in [0.4, 0.5) is 0 Å². The third kappa shape index (κ3) is 4.04. The maximum atomic E-state index is 12.1. The van der Waals surface area contributed by atoms with Gasteiger partial charge in [0.1, 0.15) is 0 Å². The average molecular weight is 388 g/mol. The first-order valence-electron chi connectivity index (χ1n) is 9.26. The molecular formula is C21H27N2O3S+. The minimum absolute atomic E-state index is 0.137. The predicted octanol–water partition coefficient (Wildman–Crippen LogP) is 1.59. The molecule has 5 nitrogen and oxygen atoms in total. The van der Waals surface area contributed by atoms with Crippen molar-refractivity contribution in [2.45, 2.75) is 32.2 Å². The quantitative estimate of drug-likeness (QED) is 0.467. The number of nitrogens with two attached hydrogens (primary N) is 1. The Morgan fingerprint density at radius 2 is 2.04 bits per heavy atom. The van der Waals surface area contributed by atoms with Crippen LogP contribution in [-0.2, 0) is 19.9 Å². The molecule has 1 amide bonds. The molecule has 0 spiro atoms. The number of hydrogen-bond acceptors (Lipinski definition) is 3. The summed E-state index contributed by atoms with van der Waals surface area (Å²) in [5, 5.41) is 2.09. The molecule has 6 heteroatoms. The Morgan fingerprint density at radius 1 is 1.33 bits per heavy atom. The normalized spacial score (nSPS) is 27.5. The molecule has 3 N–H and O–H groups in total. The third-order valence-electron chi connectivity index (χ3n) is 5.91. The van der Waals surface area contributed by atoms with Crippen LogP contribution in [0, 0.1) is 5.92 Å². The number of nitrogens with zero attached hydrogens (tertiary/aromatic N) is 1. The zero-order valence-corrected chi connectivity index (χ0v) is 16.6. The Bertz CT molecular complexity index is 1000. The molecule has 3 unspecified atom stereocenters. The molecule has 0 radical (unpaired) electrons. The number of primary amides is 1. The summed E-state index contributed by atoms with van der Waals surface area (Å²) in [6.07, 6.45) is 10.0. The summed E-state index contributed by atoms with van der Waals surface area (Å²) < 4.78 is 21.6. The molecular weight excluding hydrogens is 360 g/mol. The van der Waals surface area contributed by atoms with E-state index in [9.17, 15) is 13.4 Å². The number of carbonyl (C=O) groups excluding carboxylic acids is 1. The van der Waals surface area contributed by atoms with E-state index in [-0.39, 0.29) is 9.93 Å². The van der Waals surface area contributed by atoms with Gasteiger partial charge in [-0.2, -0.15) is 0 Å². The monoisotopic (exact) mass is 387 g/mol. The molecule has 1 fully saturated rings. The topological polar surface area (TPSA) is 83.2 Å². The number of allylic oxidation sites excluding steroid dienone is 3. The number of fused-ring (bicyclic) bond motifs is 1. The van der Waals surface area contributed by atoms with Crippen LogP contribution in [-0.4, -0.2) is 34.0 Å². The van der Waals surface area contributed by atoms with Gasteiger partial charge in [0.15, 0.2) is 0 Å². The molecule has 144 valence electrons. The van der Waals surface area contributed by atoms with Crippen LogP contribution in [0.2, 0.25) is 0 Å². The minimum atomic E-state index is -1.89. The molecule has 3 rings (SSSR count). The van der Waals surface area contributed by atoms with Gasteiger partial charge in [-0.25, -0.2) is 0 Å². The Morgan fingerprint density at radius 3 is 2.70 bits per heavy atom. The van der Waals surface area contributed by atoms with Gasteiger partial charge in [-0.3, -0.25) is 0 Å². The zero-order valence-electron chi connectivity index (χ0n) is 15.8. The van der Waals surface area contributed by atoms with Crippen LogP contribution in [0.3, 0.4) is 0 Å². The molecule has 27 heavy (non-hydrogen) atoms. The van der Waals surface area contributed by atoms with E-state index in [1.165, 1.54) is 0 Å². The molecule has 1 aliphatic carbocycles. The molecule has 3 atom stereocenters. The molecule has 0 bridgehead atoms. The van der Waals surface area contributed by atoms with Crippen molar-refractivity contribution in [1.82, 2.24) is 0 Å². The van der Waals surface area contributed by atoms with Crippen molar-refractivity contribution >= 4 is 28.7 Å². The van der Waals surface area contributed by atoms with Crippen LogP contribution < -0.4 is 16.2 Å². The number of rotatable bonds is 4. The van der Waals surface area contributed by atoms with E-state index in [0.717, 1.165) is 28.9 Å². The second-order valence-electron chi connectivity index (χ2n) is 7.64. The molecule has 1 saturated heterocycles. The SMILES string of the molecule is CC1CC(CCC2=c3ccccc3=CC=CC=C2C(N)=O)C[N+]1(C)[S-](#[O+])O. The molecule has 0 saturated carbocycles. The van der Waals surface area contributed by atoms with Gasteiger partial charge < -0.3 is 0 Å². The van der Waals surface area contributed by atoms with Crippen LogP contribution in [0.5, 0.6) is 0 Å². The number of hydrogen-bond donors (Lipinski definition) is 2. The van der Waals surface area contributed by atoms with Crippen LogP contribution in [0.15, 0.2) is 48.1 Å². The van der Waals surface area contributed by atoms with Crippen molar-refractivity contribution in [3.8, 4) is 0 Å². The van der Waals surface area contributed by atoms with Crippen molar-refractivity contribution in [3.05, 3.63) is 58.5 Å². The number of quaternary nitrogens is 1. The van der Waals surface area contributed by atoms with Gasteiger partial charge in [-0.1, -0.05) is 0 Å². The Labute approximate surface area is 162 Å². The van der Waals surface area contributed by atoms with Crippen LogP contribution in [0.25, 0.3) is 11.6 Å². The van der Waals surface area contributed by atoms with E-state index in [1.807, 2.05) is 56.5 Å². The predicted molar refractivity (Wildman–Crippen MR) is 109 cm³/mol. The fourth-order valence-corrected chi connectivity index (χ4v) is 4.95. The van der Waals surface area contributed by atoms with E-state index in [1.54, 1.807) is 6.08 Å². The van der Waals surface area contributed by atoms with E-state index in [4.69, 9.17) is 5.73 Å². The second-order valence-corrected chi connectivity index (χ2v) is 8.93. The average Bonchev–Trinajstić information content (AvgIpc) is 2.90. The number of carbonyl (C=O) groups is 1. The summed E-state index contributed by atoms with van der Waals surface area (Å²) in [4.78, 5) is 12.1. The Balaban J connectivity index is 1.94. The van der Waals surface area contributed by atoms with Crippen LogP contribution >= 0.6 is 0 Å². The van der Waals surface area contributed by atoms with Crippen LogP contribution in [0.1, 0.15) is 26.2 Å². The van der Waals surface area contributed by atoms with Crippen molar-refractivity contribution in [2.24, 2.45) is 11.7 Å². The van der Waals surface area contributed by atoms with Gasteiger partial charge in [0.25, 0.3) is 0 Å². The number of benzene rings is 1. The van der Waals surface area contributed by atoms with Gasteiger partial charge in [0.2, 0.25) is 0 Å². The first kappa shape index (κ1) is 19.9. The fraction of sp³-hybridized carbons (Fsp3) is 0.381. The van der Waals surface area contributed by atoms with Crippen molar-refractivity contribution in [3.63, 3.8) is 0 Å². The van der Waals surface area contributed by atoms with Gasteiger partial charge in [-0.15, -0.1) is 0 Å². The first-order chi connectivity index (χ1) is 12.8. The van der Waals surface area contributed by atoms with Gasteiger partial charge in [-0.05, 0) is 0 Å². The third-order valence-corrected chi connectivity index (χ3v) is 7.14. The molecule has 1 aromatic rings. The molecule has 1 aromatic carbocycles. The summed E-state index contributed by atoms with van der Waals surface area (Å²) in [5.41, 5.74) is 7.17. The van der Waals surface area contributed by atoms with Gasteiger partial charge >= 0.3 is 162 Å². The second kappa shape index (κ2) is 8.02. The van der Waals surface area contributed by atoms with E-state index in [2.05, 4.69) is 0 Å². The molecule has 1 heterocycles. The van der Waals surface area contributed by atoms with E-state index in [0.29, 0.717) is 24.5 Å².